The lowest BCUT2D eigenvalue weighted by Crippen LogP contribution is -2.29. The first kappa shape index (κ1) is 44.4. The van der Waals surface area contributed by atoms with Crippen molar-refractivity contribution < 1.29 is 0 Å². The largest absolute Gasteiger partial charge is 0.310 e. The molecule has 12 rings (SSSR count). The summed E-state index contributed by atoms with van der Waals surface area (Å²) in [5.41, 5.74) is 12.3. The van der Waals surface area contributed by atoms with Gasteiger partial charge in [0.05, 0.1) is 11.4 Å². The van der Waals surface area contributed by atoms with Crippen LogP contribution in [0, 0.1) is 6.92 Å². The van der Waals surface area contributed by atoms with Gasteiger partial charge in [-0.25, -0.2) is 0 Å². The first-order chi connectivity index (χ1) is 35.3. The van der Waals surface area contributed by atoms with Crippen molar-refractivity contribution in [3.05, 3.63) is 259 Å². The van der Waals surface area contributed by atoms with Crippen LogP contribution >= 0.6 is 10.5 Å². The van der Waals surface area contributed by atoms with Crippen LogP contribution in [0.2, 0.25) is 0 Å². The van der Waals surface area contributed by atoms with Crippen molar-refractivity contribution in [1.29, 1.82) is 0 Å². The standard InChI is InChI=1S/C69H52N2S/c1-6-15-60-47(3)16-13-24-66(60)70(55-32-26-46(2)27-33-55)57-36-40-62-64(44-57)68(53-30-28-48-17-7-9-20-51(48)42-53)63-41-37-58(45-65(63)69(62)54-31-29-49-18-8-10-21-52(49)43-54)71(56-34-38-59(39-35-56)72(4)5)67-25-14-22-50-19-11-12-23-61(50)67/h6-45H,1,3-4H2,2,5H3/b60-15+. The molecule has 0 aliphatic heterocycles. The molecule has 0 bridgehead atoms. The first-order valence-electron chi connectivity index (χ1n) is 24.4. The highest BCUT2D eigenvalue weighted by Crippen LogP contribution is 2.49. The van der Waals surface area contributed by atoms with E-state index in [9.17, 15) is 0 Å². The van der Waals surface area contributed by atoms with Gasteiger partial charge in [0.25, 0.3) is 0 Å². The lowest BCUT2D eigenvalue weighted by atomic mass is 9.84. The second-order valence-electron chi connectivity index (χ2n) is 18.7. The van der Waals surface area contributed by atoms with Gasteiger partial charge in [-0.2, -0.15) is 10.5 Å². The van der Waals surface area contributed by atoms with E-state index in [-0.39, 0.29) is 10.5 Å². The number of aryl methyl sites for hydroxylation is 1. The van der Waals surface area contributed by atoms with Crippen molar-refractivity contribution in [2.24, 2.45) is 0 Å². The van der Waals surface area contributed by atoms with E-state index in [1.807, 2.05) is 6.08 Å². The molecule has 344 valence electrons. The number of allylic oxidation sites excluding steroid dienone is 1. The molecule has 0 fully saturated rings. The summed E-state index contributed by atoms with van der Waals surface area (Å²) in [5.74, 6) is 4.37. The third-order valence-electron chi connectivity index (χ3n) is 14.2. The van der Waals surface area contributed by atoms with Gasteiger partial charge in [-0.1, -0.05) is 182 Å². The van der Waals surface area contributed by atoms with E-state index in [1.165, 1.54) is 70.1 Å². The van der Waals surface area contributed by atoms with Crippen LogP contribution < -0.4 is 20.2 Å². The Morgan fingerprint density at radius 3 is 1.44 bits per heavy atom. The number of anilines is 6. The quantitative estimate of drug-likeness (QED) is 0.0996. The highest BCUT2D eigenvalue weighted by molar-refractivity contribution is 8.13. The normalized spacial score (nSPS) is 12.2. The molecule has 72 heavy (non-hydrogen) atoms. The van der Waals surface area contributed by atoms with Gasteiger partial charge in [0.2, 0.25) is 0 Å². The van der Waals surface area contributed by atoms with Crippen molar-refractivity contribution in [3.63, 3.8) is 0 Å². The summed E-state index contributed by atoms with van der Waals surface area (Å²) in [6.07, 6.45) is 6.10. The summed E-state index contributed by atoms with van der Waals surface area (Å²) in [6, 6.07) is 85.0. The number of benzene rings is 12. The minimum absolute atomic E-state index is 0.119. The number of rotatable bonds is 10. The number of fused-ring (bicyclic) bond motifs is 5. The Labute approximate surface area is 423 Å². The highest BCUT2D eigenvalue weighted by Gasteiger charge is 2.23. The Balaban J connectivity index is 1.21. The molecule has 0 saturated carbocycles. The summed E-state index contributed by atoms with van der Waals surface area (Å²) < 4.78 is 0. The molecule has 0 radical (unpaired) electrons. The minimum Gasteiger partial charge on any atom is -0.310 e. The van der Waals surface area contributed by atoms with E-state index >= 15 is 0 Å². The topological polar surface area (TPSA) is 6.48 Å². The molecule has 2 nitrogen and oxygen atoms in total. The van der Waals surface area contributed by atoms with Crippen LogP contribution in [0.1, 0.15) is 5.56 Å². The van der Waals surface area contributed by atoms with Crippen molar-refractivity contribution in [3.8, 4) is 22.3 Å². The third-order valence-corrected chi connectivity index (χ3v) is 15.2. The third kappa shape index (κ3) is 7.95. The van der Waals surface area contributed by atoms with Gasteiger partial charge < -0.3 is 9.80 Å². The highest BCUT2D eigenvalue weighted by atomic mass is 32.2. The summed E-state index contributed by atoms with van der Waals surface area (Å²) in [6.45, 7) is 10.7. The molecular weight excluding hydrogens is 889 g/mol. The summed E-state index contributed by atoms with van der Waals surface area (Å²) in [7, 11) is -0.119. The van der Waals surface area contributed by atoms with Gasteiger partial charge in [0.1, 0.15) is 0 Å². The van der Waals surface area contributed by atoms with E-state index in [0.717, 1.165) is 61.1 Å². The zero-order valence-electron chi connectivity index (χ0n) is 40.5. The second kappa shape index (κ2) is 18.5. The van der Waals surface area contributed by atoms with Crippen molar-refractivity contribution in [1.82, 2.24) is 0 Å². The molecular formula is C69H52N2S. The zero-order chi connectivity index (χ0) is 48.9. The van der Waals surface area contributed by atoms with Crippen LogP contribution in [-0.4, -0.2) is 12.1 Å². The van der Waals surface area contributed by atoms with E-state index in [1.54, 1.807) is 0 Å². The summed E-state index contributed by atoms with van der Waals surface area (Å²) in [5, 5.41) is 13.8. The predicted molar refractivity (Wildman–Crippen MR) is 317 cm³/mol. The van der Waals surface area contributed by atoms with E-state index in [4.69, 9.17) is 0 Å². The van der Waals surface area contributed by atoms with Crippen LogP contribution in [0.25, 0.3) is 88.8 Å². The van der Waals surface area contributed by atoms with E-state index in [2.05, 4.69) is 279 Å². The van der Waals surface area contributed by atoms with Crippen LogP contribution in [0.3, 0.4) is 0 Å². The molecule has 0 spiro atoms. The van der Waals surface area contributed by atoms with E-state index in [0.29, 0.717) is 0 Å². The minimum atomic E-state index is -0.119. The second-order valence-corrected chi connectivity index (χ2v) is 20.5. The molecule has 0 heterocycles. The van der Waals surface area contributed by atoms with Crippen molar-refractivity contribution in [2.75, 3.05) is 16.1 Å². The van der Waals surface area contributed by atoms with E-state index < -0.39 is 0 Å². The van der Waals surface area contributed by atoms with Crippen molar-refractivity contribution in [2.45, 2.75) is 11.8 Å². The molecule has 0 aromatic heterocycles. The molecule has 0 amide bonds. The molecule has 0 aliphatic rings. The van der Waals surface area contributed by atoms with Gasteiger partial charge in [-0.05, 0) is 174 Å². The molecule has 0 N–H and O–H groups in total. The van der Waals surface area contributed by atoms with Crippen LogP contribution in [0.5, 0.6) is 0 Å². The van der Waals surface area contributed by atoms with Gasteiger partial charge >= 0.3 is 0 Å². The van der Waals surface area contributed by atoms with Gasteiger partial charge in [0, 0.05) is 38.2 Å². The smallest absolute Gasteiger partial charge is 0.0540 e. The lowest BCUT2D eigenvalue weighted by molar-refractivity contribution is 1.26. The number of hydrogen-bond acceptors (Lipinski definition) is 2. The summed E-state index contributed by atoms with van der Waals surface area (Å²) >= 11 is 0. The molecule has 3 heteroatoms. The maximum absolute atomic E-state index is 4.49. The molecule has 0 aliphatic carbocycles. The Morgan fingerprint density at radius 1 is 0.403 bits per heavy atom. The number of hydrogen-bond donors (Lipinski definition) is 0. The first-order valence-corrected chi connectivity index (χ1v) is 26.2. The van der Waals surface area contributed by atoms with Crippen molar-refractivity contribution >= 4 is 117 Å². The average molecular weight is 941 g/mol. The maximum Gasteiger partial charge on any atom is 0.0540 e. The molecule has 12 aromatic rings. The predicted octanol–water partition coefficient (Wildman–Crippen LogP) is 18.1. The fraction of sp³-hybridized carbons (Fsp3) is 0.0290. The molecule has 12 aromatic carbocycles. The monoisotopic (exact) mass is 940 g/mol. The van der Waals surface area contributed by atoms with Gasteiger partial charge in [-0.3, -0.25) is 0 Å². The summed E-state index contributed by atoms with van der Waals surface area (Å²) in [4.78, 5) is 6.04. The van der Waals surface area contributed by atoms with Crippen LogP contribution in [-0.2, 0) is 0 Å². The SMILES string of the molecule is C=C/C=c1/c(N(c2ccc(C)cc2)c2ccc3c(-c4ccc5ccccc5c4)c4cc(N(c5ccc(S(=C)C)cc5)c5cccc6ccccc56)ccc4c(-c4ccc5ccccc5c4)c3c2)cccc1=C. The zero-order valence-corrected chi connectivity index (χ0v) is 41.3. The Bertz CT molecular complexity index is 4240. The fourth-order valence-electron chi connectivity index (χ4n) is 10.7. The average Bonchev–Trinajstić information content (AvgIpc) is 3.41. The Hall–Kier alpha value is -8.76. The van der Waals surface area contributed by atoms with Crippen LogP contribution in [0.15, 0.2) is 248 Å². The Morgan fingerprint density at radius 2 is 0.875 bits per heavy atom. The number of nitrogens with zero attached hydrogens (tertiary/aromatic N) is 2. The van der Waals surface area contributed by atoms with Gasteiger partial charge in [-0.15, -0.1) is 0 Å². The van der Waals surface area contributed by atoms with Gasteiger partial charge in [0.15, 0.2) is 0 Å². The fourth-order valence-corrected chi connectivity index (χ4v) is 11.3. The van der Waals surface area contributed by atoms with Crippen LogP contribution in [0.4, 0.5) is 34.1 Å². The molecule has 0 saturated heterocycles. The molecule has 1 unspecified atom stereocenters. The lowest BCUT2D eigenvalue weighted by Gasteiger charge is -2.29. The molecule has 1 atom stereocenters. The maximum atomic E-state index is 4.49. The Kier molecular flexibility index (Phi) is 11.4.